The van der Waals surface area contributed by atoms with E-state index in [9.17, 15) is 4.39 Å². The minimum absolute atomic E-state index is 0. The first-order chi connectivity index (χ1) is 4.84. The van der Waals surface area contributed by atoms with Crippen LogP contribution >= 0.6 is 12.4 Å². The third-order valence-corrected chi connectivity index (χ3v) is 1.18. The average Bonchev–Trinajstić information content (AvgIpc) is 1.94. The standard InChI is InChI=1S/C7H9FN2.ClH/c1-9-5-7-6(8)3-2-4-10-7;/h2-4,9H,5H2,1H3;1H. The lowest BCUT2D eigenvalue weighted by Crippen LogP contribution is -2.08. The molecule has 11 heavy (non-hydrogen) atoms. The van der Waals surface area contributed by atoms with Gasteiger partial charge in [0.1, 0.15) is 5.82 Å². The second-order valence-corrected chi connectivity index (χ2v) is 1.96. The van der Waals surface area contributed by atoms with Gasteiger partial charge in [-0.15, -0.1) is 12.4 Å². The maximum Gasteiger partial charge on any atom is 0.146 e. The molecule has 0 aliphatic heterocycles. The first kappa shape index (κ1) is 10.3. The van der Waals surface area contributed by atoms with E-state index in [-0.39, 0.29) is 18.2 Å². The molecule has 0 aromatic carbocycles. The quantitative estimate of drug-likeness (QED) is 0.736. The molecule has 0 unspecified atom stereocenters. The Bertz CT molecular complexity index is 217. The number of pyridine rings is 1. The highest BCUT2D eigenvalue weighted by atomic mass is 35.5. The van der Waals surface area contributed by atoms with Crippen molar-refractivity contribution in [3.05, 3.63) is 29.8 Å². The van der Waals surface area contributed by atoms with E-state index in [1.165, 1.54) is 6.07 Å². The van der Waals surface area contributed by atoms with Crippen molar-refractivity contribution in [1.29, 1.82) is 0 Å². The Kier molecular flexibility index (Phi) is 4.74. The maximum atomic E-state index is 12.7. The van der Waals surface area contributed by atoms with Crippen LogP contribution in [0.2, 0.25) is 0 Å². The molecule has 1 rings (SSSR count). The number of rotatable bonds is 2. The summed E-state index contributed by atoms with van der Waals surface area (Å²) in [7, 11) is 1.76. The molecule has 0 aliphatic rings. The summed E-state index contributed by atoms with van der Waals surface area (Å²) in [5.41, 5.74) is 0.463. The Hall–Kier alpha value is -0.670. The molecule has 1 aromatic heterocycles. The van der Waals surface area contributed by atoms with Crippen LogP contribution < -0.4 is 5.32 Å². The summed E-state index contributed by atoms with van der Waals surface area (Å²) in [6.45, 7) is 0.479. The van der Waals surface area contributed by atoms with Gasteiger partial charge in [-0.3, -0.25) is 4.98 Å². The van der Waals surface area contributed by atoms with Crippen LogP contribution in [-0.4, -0.2) is 12.0 Å². The van der Waals surface area contributed by atoms with E-state index in [0.29, 0.717) is 12.2 Å². The van der Waals surface area contributed by atoms with E-state index < -0.39 is 0 Å². The minimum Gasteiger partial charge on any atom is -0.314 e. The van der Waals surface area contributed by atoms with Crippen LogP contribution in [0, 0.1) is 5.82 Å². The Morgan fingerprint density at radius 2 is 2.36 bits per heavy atom. The van der Waals surface area contributed by atoms with Gasteiger partial charge >= 0.3 is 0 Å². The Morgan fingerprint density at radius 1 is 1.64 bits per heavy atom. The molecule has 62 valence electrons. The smallest absolute Gasteiger partial charge is 0.146 e. The largest absolute Gasteiger partial charge is 0.314 e. The van der Waals surface area contributed by atoms with Crippen LogP contribution in [-0.2, 0) is 6.54 Å². The second kappa shape index (κ2) is 5.04. The summed E-state index contributed by atoms with van der Waals surface area (Å²) in [5, 5.41) is 2.82. The average molecular weight is 177 g/mol. The number of hydrogen-bond acceptors (Lipinski definition) is 2. The first-order valence-electron chi connectivity index (χ1n) is 3.08. The molecule has 1 N–H and O–H groups in total. The fraction of sp³-hybridized carbons (Fsp3) is 0.286. The number of nitrogens with zero attached hydrogens (tertiary/aromatic N) is 1. The monoisotopic (exact) mass is 176 g/mol. The zero-order valence-corrected chi connectivity index (χ0v) is 6.99. The van der Waals surface area contributed by atoms with Crippen molar-refractivity contribution in [3.8, 4) is 0 Å². The first-order valence-corrected chi connectivity index (χ1v) is 3.08. The van der Waals surface area contributed by atoms with Crippen molar-refractivity contribution in [2.75, 3.05) is 7.05 Å². The van der Waals surface area contributed by atoms with Gasteiger partial charge in [-0.2, -0.15) is 0 Å². The fourth-order valence-corrected chi connectivity index (χ4v) is 0.716. The topological polar surface area (TPSA) is 24.9 Å². The van der Waals surface area contributed by atoms with Gasteiger partial charge in [0.2, 0.25) is 0 Å². The zero-order chi connectivity index (χ0) is 7.40. The van der Waals surface area contributed by atoms with E-state index in [0.717, 1.165) is 0 Å². The summed E-state index contributed by atoms with van der Waals surface area (Å²) in [5.74, 6) is -0.253. The third kappa shape index (κ3) is 2.82. The number of aromatic nitrogens is 1. The number of nitrogens with one attached hydrogen (secondary N) is 1. The highest BCUT2D eigenvalue weighted by Crippen LogP contribution is 2.00. The van der Waals surface area contributed by atoms with Crippen molar-refractivity contribution >= 4 is 12.4 Å². The predicted molar refractivity (Wildman–Crippen MR) is 44.2 cm³/mol. The van der Waals surface area contributed by atoms with Crippen LogP contribution in [0.15, 0.2) is 18.3 Å². The molecule has 1 heterocycles. The highest BCUT2D eigenvalue weighted by Gasteiger charge is 1.97. The summed E-state index contributed by atoms with van der Waals surface area (Å²) < 4.78 is 12.7. The molecule has 1 aromatic rings. The lowest BCUT2D eigenvalue weighted by molar-refractivity contribution is 0.588. The van der Waals surface area contributed by atoms with Crippen LogP contribution in [0.1, 0.15) is 5.69 Å². The van der Waals surface area contributed by atoms with Gasteiger partial charge in [-0.1, -0.05) is 0 Å². The molecule has 0 amide bonds. The van der Waals surface area contributed by atoms with E-state index in [1.807, 2.05) is 0 Å². The lowest BCUT2D eigenvalue weighted by Gasteiger charge is -1.98. The SMILES string of the molecule is CNCc1ncccc1F.Cl. The summed E-state index contributed by atoms with van der Waals surface area (Å²) in [4.78, 5) is 3.83. The van der Waals surface area contributed by atoms with Crippen LogP contribution in [0.5, 0.6) is 0 Å². The van der Waals surface area contributed by atoms with Gasteiger partial charge in [-0.05, 0) is 19.2 Å². The second-order valence-electron chi connectivity index (χ2n) is 1.96. The van der Waals surface area contributed by atoms with Crippen LogP contribution in [0.25, 0.3) is 0 Å². The van der Waals surface area contributed by atoms with Crippen LogP contribution in [0.3, 0.4) is 0 Å². The van der Waals surface area contributed by atoms with E-state index in [2.05, 4.69) is 10.3 Å². The molecular formula is C7H10ClFN2. The van der Waals surface area contributed by atoms with Gasteiger partial charge < -0.3 is 5.32 Å². The zero-order valence-electron chi connectivity index (χ0n) is 6.17. The molecule has 0 radical (unpaired) electrons. The normalized spacial score (nSPS) is 8.91. The Labute approximate surface area is 71.2 Å². The van der Waals surface area contributed by atoms with Gasteiger partial charge in [0.15, 0.2) is 0 Å². The molecule has 0 spiro atoms. The molecule has 0 bridgehead atoms. The van der Waals surface area contributed by atoms with Crippen molar-refractivity contribution in [1.82, 2.24) is 10.3 Å². The molecule has 0 atom stereocenters. The van der Waals surface area contributed by atoms with Crippen molar-refractivity contribution in [2.24, 2.45) is 0 Å². The van der Waals surface area contributed by atoms with Gasteiger partial charge in [0, 0.05) is 12.7 Å². The van der Waals surface area contributed by atoms with Crippen molar-refractivity contribution < 1.29 is 4.39 Å². The molecule has 0 saturated heterocycles. The van der Waals surface area contributed by atoms with Crippen molar-refractivity contribution in [2.45, 2.75) is 6.54 Å². The van der Waals surface area contributed by atoms with Crippen molar-refractivity contribution in [3.63, 3.8) is 0 Å². The fourth-order valence-electron chi connectivity index (χ4n) is 0.716. The Balaban J connectivity index is 0.000001000. The molecule has 0 fully saturated rings. The highest BCUT2D eigenvalue weighted by molar-refractivity contribution is 5.85. The number of hydrogen-bond donors (Lipinski definition) is 1. The van der Waals surface area contributed by atoms with Gasteiger partial charge in [-0.25, -0.2) is 4.39 Å². The number of halogens is 2. The summed E-state index contributed by atoms with van der Waals surface area (Å²) in [6.07, 6.45) is 1.58. The summed E-state index contributed by atoms with van der Waals surface area (Å²) >= 11 is 0. The molecule has 0 aliphatic carbocycles. The van der Waals surface area contributed by atoms with Crippen LogP contribution in [0.4, 0.5) is 4.39 Å². The molecule has 2 nitrogen and oxygen atoms in total. The maximum absolute atomic E-state index is 12.7. The minimum atomic E-state index is -0.253. The van der Waals surface area contributed by atoms with Gasteiger partial charge in [0.25, 0.3) is 0 Å². The Morgan fingerprint density at radius 3 is 2.91 bits per heavy atom. The third-order valence-electron chi connectivity index (χ3n) is 1.18. The lowest BCUT2D eigenvalue weighted by atomic mass is 10.3. The predicted octanol–water partition coefficient (Wildman–Crippen LogP) is 1.36. The van der Waals surface area contributed by atoms with Gasteiger partial charge in [0.05, 0.1) is 5.69 Å². The van der Waals surface area contributed by atoms with E-state index in [1.54, 1.807) is 19.3 Å². The molecular weight excluding hydrogens is 167 g/mol. The summed E-state index contributed by atoms with van der Waals surface area (Å²) in [6, 6.07) is 2.98. The molecule has 0 saturated carbocycles. The molecule has 4 heteroatoms. The van der Waals surface area contributed by atoms with E-state index >= 15 is 0 Å². The van der Waals surface area contributed by atoms with E-state index in [4.69, 9.17) is 0 Å².